The summed E-state index contributed by atoms with van der Waals surface area (Å²) in [5, 5.41) is 135. The smallest absolute Gasteiger partial charge is 0.187 e. The highest BCUT2D eigenvalue weighted by molar-refractivity contribution is 5.22. The molecule has 3 fully saturated rings. The van der Waals surface area contributed by atoms with Crippen molar-refractivity contribution in [2.24, 2.45) is 0 Å². The lowest BCUT2D eigenvalue weighted by atomic mass is 9.86. The van der Waals surface area contributed by atoms with Gasteiger partial charge in [-0.1, -0.05) is 6.08 Å². The summed E-state index contributed by atoms with van der Waals surface area (Å²) < 4.78 is 27.4. The normalized spacial score (nSPS) is 51.2. The van der Waals surface area contributed by atoms with Crippen molar-refractivity contribution in [3.05, 3.63) is 11.6 Å². The third-order valence-electron chi connectivity index (χ3n) is 8.56. The third-order valence-corrected chi connectivity index (χ3v) is 8.56. The topological polar surface area (TPSA) is 330 Å². The Hall–Kier alpha value is -1.06. The van der Waals surface area contributed by atoms with Gasteiger partial charge >= 0.3 is 0 Å². The lowest BCUT2D eigenvalue weighted by Gasteiger charge is -2.48. The zero-order chi connectivity index (χ0) is 33.3. The molecule has 4 aliphatic rings. The molecule has 3 aliphatic heterocycles. The van der Waals surface area contributed by atoms with Crippen LogP contribution in [0.3, 0.4) is 0 Å². The largest absolute Gasteiger partial charge is 0.394 e. The summed E-state index contributed by atoms with van der Waals surface area (Å²) in [6.07, 6.45) is -26.7. The average Bonchev–Trinajstić information content (AvgIpc) is 3.02. The van der Waals surface area contributed by atoms with Crippen molar-refractivity contribution in [3.63, 3.8) is 0 Å². The summed E-state index contributed by atoms with van der Waals surface area (Å²) in [4.78, 5) is 4.15. The first kappa shape index (κ1) is 36.8. The number of ether oxygens (including phenoxy) is 5. The van der Waals surface area contributed by atoms with Crippen LogP contribution >= 0.6 is 0 Å². The first-order chi connectivity index (χ1) is 21.3. The molecule has 1 aliphatic carbocycles. The Balaban J connectivity index is 1.42. The van der Waals surface area contributed by atoms with Gasteiger partial charge in [0, 0.05) is 0 Å². The minimum atomic E-state index is -1.94. The Bertz CT molecular complexity index is 975. The first-order valence-electron chi connectivity index (χ1n) is 14.3. The van der Waals surface area contributed by atoms with Crippen molar-refractivity contribution in [3.8, 4) is 0 Å². The van der Waals surface area contributed by atoms with Crippen LogP contribution in [0, 0.1) is 0 Å². The molecule has 0 unspecified atom stereocenters. The van der Waals surface area contributed by atoms with Gasteiger partial charge in [0.15, 0.2) is 18.9 Å². The van der Waals surface area contributed by atoms with Crippen molar-refractivity contribution in [2.45, 2.75) is 123 Å². The summed E-state index contributed by atoms with van der Waals surface area (Å²) in [5.74, 6) is 0. The maximum absolute atomic E-state index is 10.9. The van der Waals surface area contributed by atoms with Crippen molar-refractivity contribution in [1.82, 2.24) is 5.32 Å². The maximum Gasteiger partial charge on any atom is 0.187 e. The molecule has 19 atom stereocenters. The monoisotopic (exact) mass is 661 g/mol. The van der Waals surface area contributed by atoms with E-state index >= 15 is 0 Å². The minimum Gasteiger partial charge on any atom is -0.394 e. The molecule has 0 radical (unpaired) electrons. The summed E-state index contributed by atoms with van der Waals surface area (Å²) in [5.41, 5.74) is 0.0294. The number of aliphatic hydroxyl groups is 12. The van der Waals surface area contributed by atoms with Gasteiger partial charge in [0.25, 0.3) is 0 Å². The molecule has 0 bridgehead atoms. The van der Waals surface area contributed by atoms with E-state index in [1.165, 1.54) is 13.0 Å². The van der Waals surface area contributed by atoms with Gasteiger partial charge in [0.05, 0.1) is 38.0 Å². The molecule has 0 aromatic heterocycles. The Morgan fingerprint density at radius 2 is 1.20 bits per heavy atom. The molecule has 0 aromatic carbocycles. The predicted molar refractivity (Wildman–Crippen MR) is 139 cm³/mol. The van der Waals surface area contributed by atoms with Gasteiger partial charge in [-0.2, -0.15) is 0 Å². The highest BCUT2D eigenvalue weighted by Crippen LogP contribution is 2.33. The molecular weight excluding hydrogens is 618 g/mol. The Morgan fingerprint density at radius 3 is 1.76 bits per heavy atom. The van der Waals surface area contributed by atoms with Crippen LogP contribution in [0.4, 0.5) is 0 Å². The van der Waals surface area contributed by atoms with E-state index in [2.05, 4.69) is 10.2 Å². The van der Waals surface area contributed by atoms with Crippen LogP contribution in [-0.4, -0.2) is 203 Å². The van der Waals surface area contributed by atoms with Gasteiger partial charge in [-0.3, -0.25) is 5.26 Å². The van der Waals surface area contributed by atoms with Gasteiger partial charge in [-0.15, -0.1) is 0 Å². The molecule has 3 saturated heterocycles. The fourth-order valence-corrected chi connectivity index (χ4v) is 5.93. The van der Waals surface area contributed by atoms with Crippen LogP contribution in [0.2, 0.25) is 0 Å². The molecule has 20 nitrogen and oxygen atoms in total. The minimum absolute atomic E-state index is 0.0294. The second-order valence-electron chi connectivity index (χ2n) is 11.5. The molecule has 0 saturated carbocycles. The van der Waals surface area contributed by atoms with E-state index in [1.54, 1.807) is 0 Å². The predicted octanol–water partition coefficient (Wildman–Crippen LogP) is -8.07. The lowest BCUT2D eigenvalue weighted by Crippen LogP contribution is -2.68. The van der Waals surface area contributed by atoms with Crippen LogP contribution in [0.25, 0.3) is 0 Å². The average molecular weight is 662 g/mol. The second-order valence-corrected chi connectivity index (χ2v) is 11.5. The SMILES string of the molecule is C[C@H]1O[C@H](O[C@H]2[C@H](O)[C@@H](O)[C@@H](O[C@H]3[C@H](O)[C@@H](O)[C@@H](O)O[C@@H]3CO)O[C@@H]2CO)[C@H](O)[C@@H](O)[C@@H]1N[C@H]1C=C(CO)[C@@H](OO)[C@H](O)[C@H]1O. The second kappa shape index (κ2) is 15.4. The molecule has 20 heteroatoms. The number of nitrogens with one attached hydrogen (secondary N) is 1. The van der Waals surface area contributed by atoms with Crippen LogP contribution in [-0.2, 0) is 28.6 Å². The molecule has 0 spiro atoms. The molecule has 3 heterocycles. The van der Waals surface area contributed by atoms with Crippen molar-refractivity contribution in [2.75, 3.05) is 19.8 Å². The number of rotatable bonds is 10. The van der Waals surface area contributed by atoms with Gasteiger partial charge in [-0.05, 0) is 12.5 Å². The van der Waals surface area contributed by atoms with Crippen LogP contribution in [0.1, 0.15) is 6.92 Å². The van der Waals surface area contributed by atoms with Crippen molar-refractivity contribution in [1.29, 1.82) is 0 Å². The van der Waals surface area contributed by atoms with Crippen LogP contribution in [0.15, 0.2) is 11.6 Å². The van der Waals surface area contributed by atoms with Crippen LogP contribution < -0.4 is 5.32 Å². The number of hydrogen-bond donors (Lipinski definition) is 14. The molecule has 45 heavy (non-hydrogen) atoms. The quantitative estimate of drug-likeness (QED) is 0.0587. The Morgan fingerprint density at radius 1 is 0.667 bits per heavy atom. The van der Waals surface area contributed by atoms with E-state index < -0.39 is 136 Å². The summed E-state index contributed by atoms with van der Waals surface area (Å²) >= 11 is 0. The zero-order valence-electron chi connectivity index (χ0n) is 23.9. The fraction of sp³-hybridized carbons (Fsp3) is 0.920. The fourth-order valence-electron chi connectivity index (χ4n) is 5.93. The van der Waals surface area contributed by atoms with Gasteiger partial charge in [-0.25, -0.2) is 4.89 Å². The standard InChI is InChI=1S/C25H43NO19/c1-6-11(26-8-2-7(3-27)20(45-39)14(32)12(8)30)13(31)18(36)24(40-6)43-22-10(5-29)42-25(19(37)16(22)34)44-21-9(4-28)41-23(38)17(35)15(21)33/h2,6,8-39H,3-5H2,1H3/t6-,8+,9-,10-,11-,12+,13+,14-,15-,16-,17-,18-,19-,20-,21-,22-,23+,24-,25-/m1/s1. The van der Waals surface area contributed by atoms with Crippen molar-refractivity contribution < 1.29 is 95.1 Å². The molecule has 4 rings (SSSR count). The highest BCUT2D eigenvalue weighted by atomic mass is 17.1. The van der Waals surface area contributed by atoms with Gasteiger partial charge in [0.2, 0.25) is 0 Å². The summed E-state index contributed by atoms with van der Waals surface area (Å²) in [6, 6.07) is -2.22. The zero-order valence-corrected chi connectivity index (χ0v) is 23.9. The maximum atomic E-state index is 10.9. The van der Waals surface area contributed by atoms with Crippen molar-refractivity contribution >= 4 is 0 Å². The lowest BCUT2D eigenvalue weighted by molar-refractivity contribution is -0.373. The van der Waals surface area contributed by atoms with Gasteiger partial charge < -0.3 is 90.3 Å². The summed E-state index contributed by atoms with van der Waals surface area (Å²) in [6.45, 7) is -0.797. The third kappa shape index (κ3) is 7.35. The van der Waals surface area contributed by atoms with E-state index in [9.17, 15) is 61.3 Å². The number of hydrogen-bond acceptors (Lipinski definition) is 20. The van der Waals surface area contributed by atoms with E-state index in [1.807, 2.05) is 0 Å². The molecular formula is C25H43NO19. The van der Waals surface area contributed by atoms with E-state index in [-0.39, 0.29) is 5.57 Å². The molecule has 0 aromatic rings. The highest BCUT2D eigenvalue weighted by Gasteiger charge is 2.53. The first-order valence-corrected chi connectivity index (χ1v) is 14.3. The Kier molecular flexibility index (Phi) is 12.6. The van der Waals surface area contributed by atoms with Crippen LogP contribution in [0.5, 0.6) is 0 Å². The summed E-state index contributed by atoms with van der Waals surface area (Å²) in [7, 11) is 0. The number of aliphatic hydroxyl groups excluding tert-OH is 12. The molecule has 0 amide bonds. The van der Waals surface area contributed by atoms with E-state index in [0.29, 0.717) is 0 Å². The Labute approximate surface area is 255 Å². The van der Waals surface area contributed by atoms with E-state index in [4.69, 9.17) is 28.9 Å². The van der Waals surface area contributed by atoms with Gasteiger partial charge in [0.1, 0.15) is 79.4 Å². The molecule has 262 valence electrons. The van der Waals surface area contributed by atoms with E-state index in [0.717, 1.165) is 0 Å². The molecule has 14 N–H and O–H groups in total.